The first-order chi connectivity index (χ1) is 19.3. The number of nitrogens with zero attached hydrogens (tertiary/aromatic N) is 1. The van der Waals surface area contributed by atoms with E-state index >= 15 is 0 Å². The Labute approximate surface area is 237 Å². The standard InChI is InChI=1S/C36H31BNO2/c1-34(2)35(3,4)40-37(39-34)31-22-12-21-30-33(31)32-28(25-14-13-23-38-24-25)19-11-20-29(32)36(30,26-15-7-5-8-16-26)27-17-9-6-10-18-27/h5-11,13-24H,1-4H3/q+1. The molecule has 40 heavy (non-hydrogen) atoms. The summed E-state index contributed by atoms with van der Waals surface area (Å²) in [6, 6.07) is 32.4. The van der Waals surface area contributed by atoms with Crippen LogP contribution in [0, 0.1) is 6.08 Å². The molecule has 3 aliphatic rings. The molecule has 3 nitrogen and oxygen atoms in total. The van der Waals surface area contributed by atoms with Gasteiger partial charge in [-0.2, -0.15) is 0 Å². The first-order valence-corrected chi connectivity index (χ1v) is 13.9. The van der Waals surface area contributed by atoms with Gasteiger partial charge in [0.2, 0.25) is 0 Å². The van der Waals surface area contributed by atoms with E-state index in [-0.39, 0.29) is 0 Å². The third kappa shape index (κ3) is 3.47. The van der Waals surface area contributed by atoms with Crippen molar-refractivity contribution < 1.29 is 9.31 Å². The van der Waals surface area contributed by atoms with Crippen LogP contribution in [0.15, 0.2) is 127 Å². The molecular weight excluding hydrogens is 489 g/mol. The number of rotatable bonds is 4. The van der Waals surface area contributed by atoms with Gasteiger partial charge in [0.15, 0.2) is 0 Å². The van der Waals surface area contributed by atoms with Crippen LogP contribution in [-0.2, 0) is 14.7 Å². The number of fused-ring (bicyclic) bond motifs is 3. The average Bonchev–Trinajstić information content (AvgIpc) is 3.41. The molecule has 7 rings (SSSR count). The van der Waals surface area contributed by atoms with Gasteiger partial charge in [-0.1, -0.05) is 84.9 Å². The first kappa shape index (κ1) is 24.9. The van der Waals surface area contributed by atoms with Crippen LogP contribution in [0.3, 0.4) is 0 Å². The molecular formula is C36H31BNO2+. The van der Waals surface area contributed by atoms with Crippen molar-refractivity contribution in [3.05, 3.63) is 155 Å². The number of pyridine rings is 1. The smallest absolute Gasteiger partial charge is 0.387 e. The molecule has 4 aromatic rings. The van der Waals surface area contributed by atoms with Crippen molar-refractivity contribution in [1.82, 2.24) is 4.98 Å². The zero-order valence-corrected chi connectivity index (χ0v) is 23.3. The molecule has 0 radical (unpaired) electrons. The predicted octanol–water partition coefficient (Wildman–Crippen LogP) is 7.78. The maximum atomic E-state index is 6.66. The normalized spacial score (nSPS) is 19.6. The lowest BCUT2D eigenvalue weighted by Gasteiger charge is -2.32. The third-order valence-corrected chi connectivity index (χ3v) is 9.04. The number of benzene rings is 3. The van der Waals surface area contributed by atoms with Gasteiger partial charge in [0, 0.05) is 29.6 Å². The van der Waals surface area contributed by atoms with Gasteiger partial charge in [-0.15, -0.1) is 0 Å². The summed E-state index contributed by atoms with van der Waals surface area (Å²) >= 11 is 0. The first-order valence-electron chi connectivity index (χ1n) is 13.9. The highest BCUT2D eigenvalue weighted by Crippen LogP contribution is 2.61. The molecule has 0 saturated carbocycles. The van der Waals surface area contributed by atoms with E-state index in [0.717, 1.165) is 22.2 Å². The zero-order chi connectivity index (χ0) is 27.5. The molecule has 0 amide bonds. The van der Waals surface area contributed by atoms with Crippen LogP contribution in [0.5, 0.6) is 0 Å². The summed E-state index contributed by atoms with van der Waals surface area (Å²) in [7, 11) is -0.520. The van der Waals surface area contributed by atoms with Gasteiger partial charge in [-0.3, -0.25) is 4.98 Å². The second kappa shape index (κ2) is 8.97. The van der Waals surface area contributed by atoms with Gasteiger partial charge in [0.25, 0.3) is 0 Å². The Hall–Kier alpha value is -4.08. The van der Waals surface area contributed by atoms with E-state index in [9.17, 15) is 0 Å². The van der Waals surface area contributed by atoms with Crippen molar-refractivity contribution in [1.29, 1.82) is 0 Å². The summed E-state index contributed by atoms with van der Waals surface area (Å²) in [4.78, 5) is 4.48. The molecule has 194 valence electrons. The number of aromatic nitrogens is 1. The second-order valence-corrected chi connectivity index (χ2v) is 11.7. The summed E-state index contributed by atoms with van der Waals surface area (Å²) in [5.41, 5.74) is 8.96. The van der Waals surface area contributed by atoms with Gasteiger partial charge in [-0.05, 0) is 56.0 Å². The Morgan fingerprint density at radius 3 is 1.98 bits per heavy atom. The highest BCUT2D eigenvalue weighted by atomic mass is 16.7. The Morgan fingerprint density at radius 1 is 0.725 bits per heavy atom. The molecule has 1 saturated heterocycles. The molecule has 1 aliphatic heterocycles. The molecule has 0 atom stereocenters. The van der Waals surface area contributed by atoms with Crippen LogP contribution < -0.4 is 0 Å². The highest BCUT2D eigenvalue weighted by Gasteiger charge is 2.60. The summed E-state index contributed by atoms with van der Waals surface area (Å²) in [5.74, 6) is 0. The van der Waals surface area contributed by atoms with Gasteiger partial charge in [0.1, 0.15) is 11.5 Å². The lowest BCUT2D eigenvalue weighted by atomic mass is 9.64. The second-order valence-electron chi connectivity index (χ2n) is 11.7. The predicted molar refractivity (Wildman–Crippen MR) is 161 cm³/mol. The maximum absolute atomic E-state index is 6.66. The minimum atomic E-state index is -0.540. The van der Waals surface area contributed by atoms with E-state index in [0.29, 0.717) is 0 Å². The van der Waals surface area contributed by atoms with E-state index in [1.165, 1.54) is 27.8 Å². The van der Waals surface area contributed by atoms with Crippen molar-refractivity contribution in [2.75, 3.05) is 0 Å². The van der Waals surface area contributed by atoms with E-state index < -0.39 is 23.7 Å². The zero-order valence-electron chi connectivity index (χ0n) is 23.3. The average molecular weight is 520 g/mol. The topological polar surface area (TPSA) is 31.4 Å². The number of hydrogen-bond donors (Lipinski definition) is 0. The van der Waals surface area contributed by atoms with Crippen LogP contribution in [0.1, 0.15) is 49.9 Å². The van der Waals surface area contributed by atoms with Crippen molar-refractivity contribution in [3.63, 3.8) is 0 Å². The molecule has 0 unspecified atom stereocenters. The molecule has 1 fully saturated rings. The SMILES string of the molecule is CC1(C)OB(C2=C3C(=C[C+]=C2)C(c2ccccc2)(c2ccccc2)c2cccc(-c4cccnc4)c23)OC1(C)C. The van der Waals surface area contributed by atoms with Crippen LogP contribution in [-0.4, -0.2) is 23.3 Å². The van der Waals surface area contributed by atoms with Crippen molar-refractivity contribution >= 4 is 12.7 Å². The molecule has 0 spiro atoms. The van der Waals surface area contributed by atoms with Gasteiger partial charge >= 0.3 is 7.12 Å². The Morgan fingerprint density at radius 2 is 1.38 bits per heavy atom. The Kier molecular flexibility index (Phi) is 5.59. The van der Waals surface area contributed by atoms with Crippen molar-refractivity contribution in [3.8, 4) is 11.1 Å². The monoisotopic (exact) mass is 520 g/mol. The molecule has 2 aliphatic carbocycles. The number of hydrogen-bond acceptors (Lipinski definition) is 3. The lowest BCUT2D eigenvalue weighted by molar-refractivity contribution is 0.00578. The van der Waals surface area contributed by atoms with Crippen LogP contribution >= 0.6 is 0 Å². The summed E-state index contributed by atoms with van der Waals surface area (Å²) in [5, 5.41) is 0. The van der Waals surface area contributed by atoms with E-state index in [4.69, 9.17) is 9.31 Å². The summed E-state index contributed by atoms with van der Waals surface area (Å²) in [6.07, 6.45) is 11.5. The minimum Gasteiger partial charge on any atom is -0.387 e. The quantitative estimate of drug-likeness (QED) is 0.203. The minimum absolute atomic E-state index is 0.458. The van der Waals surface area contributed by atoms with Crippen LogP contribution in [0.2, 0.25) is 0 Å². The molecule has 1 aromatic heterocycles. The maximum Gasteiger partial charge on any atom is 0.576 e. The van der Waals surface area contributed by atoms with Crippen LogP contribution in [0.25, 0.3) is 16.7 Å². The van der Waals surface area contributed by atoms with E-state index in [1.807, 2.05) is 18.5 Å². The lowest BCUT2D eigenvalue weighted by Crippen LogP contribution is -2.41. The number of allylic oxidation sites excluding steroid dienone is 6. The van der Waals surface area contributed by atoms with Crippen molar-refractivity contribution in [2.45, 2.75) is 44.3 Å². The molecule has 2 heterocycles. The third-order valence-electron chi connectivity index (χ3n) is 9.04. The van der Waals surface area contributed by atoms with E-state index in [2.05, 4.69) is 136 Å². The summed E-state index contributed by atoms with van der Waals surface area (Å²) in [6.45, 7) is 8.42. The molecule has 4 heteroatoms. The Balaban J connectivity index is 1.61. The fraction of sp³-hybridized carbons (Fsp3) is 0.194. The fourth-order valence-electron chi connectivity index (χ4n) is 6.45. The largest absolute Gasteiger partial charge is 0.576 e. The molecule has 0 N–H and O–H groups in total. The van der Waals surface area contributed by atoms with E-state index in [1.54, 1.807) is 0 Å². The fourth-order valence-corrected chi connectivity index (χ4v) is 6.45. The van der Waals surface area contributed by atoms with Crippen molar-refractivity contribution in [2.24, 2.45) is 0 Å². The summed E-state index contributed by atoms with van der Waals surface area (Å²) < 4.78 is 13.3. The van der Waals surface area contributed by atoms with Gasteiger partial charge < -0.3 is 9.31 Å². The molecule has 3 aromatic carbocycles. The van der Waals surface area contributed by atoms with Gasteiger partial charge in [0.05, 0.1) is 33.9 Å². The van der Waals surface area contributed by atoms with Crippen LogP contribution in [0.4, 0.5) is 0 Å². The van der Waals surface area contributed by atoms with Gasteiger partial charge in [-0.25, -0.2) is 0 Å². The Bertz CT molecular complexity index is 1630. The highest BCUT2D eigenvalue weighted by molar-refractivity contribution is 6.58. The molecule has 0 bridgehead atoms.